The molecule has 88 valence electrons. The molecule has 0 bridgehead atoms. The van der Waals surface area contributed by atoms with E-state index in [9.17, 15) is 10.1 Å². The van der Waals surface area contributed by atoms with Crippen LogP contribution in [-0.2, 0) is 0 Å². The highest BCUT2D eigenvalue weighted by molar-refractivity contribution is 8.82. The lowest BCUT2D eigenvalue weighted by Crippen LogP contribution is -2.29. The Kier molecular flexibility index (Phi) is 4.61. The van der Waals surface area contributed by atoms with Crippen molar-refractivity contribution in [3.63, 3.8) is 0 Å². The largest absolute Gasteiger partial charge is 0.263 e. The summed E-state index contributed by atoms with van der Waals surface area (Å²) in [5.74, 6) is 0. The molecular weight excluding hydrogens is 244 g/mol. The molecule has 1 aliphatic rings. The van der Waals surface area contributed by atoms with Crippen molar-refractivity contribution in [2.24, 2.45) is 4.99 Å². The van der Waals surface area contributed by atoms with Gasteiger partial charge in [0.05, 0.1) is 0 Å². The number of nitro groups is 1. The Balaban J connectivity index is 2.71. The molecule has 0 fully saturated rings. The van der Waals surface area contributed by atoms with Crippen LogP contribution in [0.25, 0.3) is 0 Å². The maximum Gasteiger partial charge on any atom is 0.257 e. The van der Waals surface area contributed by atoms with Gasteiger partial charge in [0.25, 0.3) is 5.54 Å². The van der Waals surface area contributed by atoms with E-state index in [1.165, 1.54) is 23.1 Å². The van der Waals surface area contributed by atoms with Crippen LogP contribution in [0.1, 0.15) is 20.8 Å². The lowest BCUT2D eigenvalue weighted by Gasteiger charge is -2.09. The number of hydrogen-bond donors (Lipinski definition) is 0. The third kappa shape index (κ3) is 3.68. The normalized spacial score (nSPS) is 24.4. The third-order valence-corrected chi connectivity index (χ3v) is 4.75. The van der Waals surface area contributed by atoms with Gasteiger partial charge in [0.15, 0.2) is 0 Å². The highest BCUT2D eigenvalue weighted by Gasteiger charge is 2.31. The van der Waals surface area contributed by atoms with Crippen LogP contribution in [0.15, 0.2) is 29.4 Å². The second-order valence-corrected chi connectivity index (χ2v) is 6.63. The van der Waals surface area contributed by atoms with Crippen LogP contribution in [-0.4, -0.2) is 20.8 Å². The summed E-state index contributed by atoms with van der Waals surface area (Å²) >= 11 is 0. The van der Waals surface area contributed by atoms with Crippen molar-refractivity contribution in [2.75, 3.05) is 0 Å². The van der Waals surface area contributed by atoms with Crippen molar-refractivity contribution in [3.8, 4) is 0 Å². The van der Waals surface area contributed by atoms with Gasteiger partial charge in [0.1, 0.15) is 5.04 Å². The molecule has 0 aliphatic carbocycles. The Labute approximate surface area is 103 Å². The van der Waals surface area contributed by atoms with E-state index in [1.54, 1.807) is 29.9 Å². The molecule has 0 saturated carbocycles. The van der Waals surface area contributed by atoms with Crippen molar-refractivity contribution in [3.05, 3.63) is 34.5 Å². The Morgan fingerprint density at radius 2 is 2.19 bits per heavy atom. The van der Waals surface area contributed by atoms with Gasteiger partial charge >= 0.3 is 0 Å². The van der Waals surface area contributed by atoms with Gasteiger partial charge in [-0.2, -0.15) is 0 Å². The minimum atomic E-state index is -1.14. The SMILES string of the molecule is CC(C)SSC1=NC=CC(C)([N+](=O)[O-])C=C1. The molecule has 4 nitrogen and oxygen atoms in total. The summed E-state index contributed by atoms with van der Waals surface area (Å²) in [5, 5.41) is 12.1. The first-order chi connectivity index (χ1) is 7.44. The maximum absolute atomic E-state index is 10.8. The third-order valence-electron chi connectivity index (χ3n) is 1.90. The zero-order chi connectivity index (χ0) is 12.2. The van der Waals surface area contributed by atoms with Gasteiger partial charge in [-0.25, -0.2) is 4.99 Å². The van der Waals surface area contributed by atoms with Crippen molar-refractivity contribution in [1.29, 1.82) is 0 Å². The Hall–Kier alpha value is -0.750. The van der Waals surface area contributed by atoms with Crippen molar-refractivity contribution < 1.29 is 4.92 Å². The number of hydrogen-bond acceptors (Lipinski definition) is 5. The van der Waals surface area contributed by atoms with Crippen molar-refractivity contribution >= 4 is 26.6 Å². The maximum atomic E-state index is 10.8. The first kappa shape index (κ1) is 13.3. The van der Waals surface area contributed by atoms with E-state index < -0.39 is 5.54 Å². The van der Waals surface area contributed by atoms with E-state index in [2.05, 4.69) is 18.8 Å². The molecule has 0 aromatic carbocycles. The molecule has 0 aromatic heterocycles. The second-order valence-electron chi connectivity index (χ2n) is 3.83. The summed E-state index contributed by atoms with van der Waals surface area (Å²) in [6.07, 6.45) is 6.29. The lowest BCUT2D eigenvalue weighted by molar-refractivity contribution is -0.535. The van der Waals surface area contributed by atoms with E-state index in [1.807, 2.05) is 0 Å². The Morgan fingerprint density at radius 1 is 1.50 bits per heavy atom. The zero-order valence-corrected chi connectivity index (χ0v) is 11.0. The van der Waals surface area contributed by atoms with Crippen LogP contribution in [0, 0.1) is 10.1 Å². The number of nitrogens with zero attached hydrogens (tertiary/aromatic N) is 2. The minimum absolute atomic E-state index is 0.321. The molecule has 1 heterocycles. The van der Waals surface area contributed by atoms with Gasteiger partial charge in [-0.15, -0.1) is 0 Å². The van der Waals surface area contributed by atoms with Gasteiger partial charge in [0, 0.05) is 29.4 Å². The molecule has 16 heavy (non-hydrogen) atoms. The van der Waals surface area contributed by atoms with E-state index in [4.69, 9.17) is 0 Å². The van der Waals surface area contributed by atoms with Crippen molar-refractivity contribution in [2.45, 2.75) is 31.6 Å². The van der Waals surface area contributed by atoms with Crippen LogP contribution in [0.4, 0.5) is 0 Å². The van der Waals surface area contributed by atoms with Crippen LogP contribution in [0.3, 0.4) is 0 Å². The van der Waals surface area contributed by atoms with Gasteiger partial charge < -0.3 is 0 Å². The fraction of sp³-hybridized carbons (Fsp3) is 0.500. The zero-order valence-electron chi connectivity index (χ0n) is 9.41. The molecule has 0 saturated heterocycles. The first-order valence-corrected chi connectivity index (χ1v) is 7.08. The summed E-state index contributed by atoms with van der Waals surface area (Å²) in [6.45, 7) is 5.74. The van der Waals surface area contributed by atoms with Crippen LogP contribution in [0.5, 0.6) is 0 Å². The van der Waals surface area contributed by atoms with E-state index >= 15 is 0 Å². The van der Waals surface area contributed by atoms with E-state index in [0.29, 0.717) is 5.25 Å². The highest BCUT2D eigenvalue weighted by Crippen LogP contribution is 2.29. The Bertz CT molecular complexity index is 364. The molecule has 0 N–H and O–H groups in total. The topological polar surface area (TPSA) is 55.5 Å². The molecule has 0 radical (unpaired) electrons. The summed E-state index contributed by atoms with van der Waals surface area (Å²) < 4.78 is 0. The second kappa shape index (κ2) is 5.54. The number of rotatable bonds is 3. The average Bonchev–Trinajstić information content (AvgIpc) is 2.38. The highest BCUT2D eigenvalue weighted by atomic mass is 33.1. The monoisotopic (exact) mass is 258 g/mol. The molecule has 0 amide bonds. The van der Waals surface area contributed by atoms with Gasteiger partial charge in [-0.05, 0) is 22.9 Å². The minimum Gasteiger partial charge on any atom is -0.263 e. The van der Waals surface area contributed by atoms with Gasteiger partial charge in [-0.1, -0.05) is 24.6 Å². The molecule has 1 aliphatic heterocycles. The first-order valence-electron chi connectivity index (χ1n) is 4.86. The molecule has 0 aromatic rings. The van der Waals surface area contributed by atoms with E-state index in [-0.39, 0.29) is 4.92 Å². The molecule has 1 rings (SSSR count). The predicted molar refractivity (Wildman–Crippen MR) is 71.4 cm³/mol. The van der Waals surface area contributed by atoms with Crippen LogP contribution in [0.2, 0.25) is 0 Å². The fourth-order valence-corrected chi connectivity index (χ4v) is 2.60. The van der Waals surface area contributed by atoms with Crippen LogP contribution < -0.4 is 0 Å². The molecule has 0 spiro atoms. The summed E-state index contributed by atoms with van der Waals surface area (Å²) in [6, 6.07) is 0. The van der Waals surface area contributed by atoms with Gasteiger partial charge in [-0.3, -0.25) is 10.1 Å². The van der Waals surface area contributed by atoms with E-state index in [0.717, 1.165) is 5.04 Å². The summed E-state index contributed by atoms with van der Waals surface area (Å²) in [4.78, 5) is 14.7. The summed E-state index contributed by atoms with van der Waals surface area (Å²) in [5.41, 5.74) is -1.14. The quantitative estimate of drug-likeness (QED) is 0.443. The molecule has 1 unspecified atom stereocenters. The van der Waals surface area contributed by atoms with Crippen molar-refractivity contribution in [1.82, 2.24) is 0 Å². The molecule has 6 heteroatoms. The fourth-order valence-electron chi connectivity index (χ4n) is 0.917. The van der Waals surface area contributed by atoms with Gasteiger partial charge in [0.2, 0.25) is 0 Å². The van der Waals surface area contributed by atoms with Crippen LogP contribution >= 0.6 is 21.6 Å². The standard InChI is InChI=1S/C10H14N2O2S2/c1-8(2)15-16-9-4-5-10(3,12(13)14)6-7-11-9/h4-8H,1-3H3. The Morgan fingerprint density at radius 3 is 2.75 bits per heavy atom. The smallest absolute Gasteiger partial charge is 0.257 e. The number of aliphatic imine (C=N–C) groups is 1. The summed E-state index contributed by atoms with van der Waals surface area (Å²) in [7, 11) is 3.22. The molecular formula is C10H14N2O2S2. The lowest BCUT2D eigenvalue weighted by atomic mass is 10.0. The predicted octanol–water partition coefficient (Wildman–Crippen LogP) is 3.29. The molecule has 1 atom stereocenters. The average molecular weight is 258 g/mol.